The molecule has 3 rings (SSSR count). The predicted molar refractivity (Wildman–Crippen MR) is 127 cm³/mol. The van der Waals surface area contributed by atoms with E-state index in [4.69, 9.17) is 10.5 Å². The normalized spacial score (nSPS) is 17.8. The van der Waals surface area contributed by atoms with E-state index in [2.05, 4.69) is 22.2 Å². The number of aromatic nitrogens is 2. The molecule has 1 fully saturated rings. The lowest BCUT2D eigenvalue weighted by Crippen LogP contribution is -2.40. The number of hydrogen-bond acceptors (Lipinski definition) is 8. The van der Waals surface area contributed by atoms with Crippen LogP contribution in [0.1, 0.15) is 50.9 Å². The first-order valence-electron chi connectivity index (χ1n) is 11.2. The Kier molecular flexibility index (Phi) is 7.58. The molecule has 0 aliphatic carbocycles. The van der Waals surface area contributed by atoms with Crippen molar-refractivity contribution in [1.82, 2.24) is 9.97 Å². The quantitative estimate of drug-likeness (QED) is 0.502. The molecular weight excluding hydrogens is 442 g/mol. The van der Waals surface area contributed by atoms with Crippen LogP contribution in [-0.4, -0.2) is 56.1 Å². The Labute approximate surface area is 195 Å². The van der Waals surface area contributed by atoms with Crippen LogP contribution in [0.5, 0.6) is 0 Å². The zero-order valence-corrected chi connectivity index (χ0v) is 20.5. The molecule has 0 saturated carbocycles. The van der Waals surface area contributed by atoms with Crippen LogP contribution in [0.15, 0.2) is 40.4 Å². The van der Waals surface area contributed by atoms with E-state index >= 15 is 0 Å². The van der Waals surface area contributed by atoms with Crippen LogP contribution in [0.25, 0.3) is 0 Å². The molecule has 33 heavy (non-hydrogen) atoms. The number of nitrogens with zero attached hydrogens (tertiary/aromatic N) is 3. The van der Waals surface area contributed by atoms with Gasteiger partial charge in [-0.2, -0.15) is 0 Å². The van der Waals surface area contributed by atoms with Crippen molar-refractivity contribution in [2.24, 2.45) is 11.7 Å². The van der Waals surface area contributed by atoms with Gasteiger partial charge >= 0.3 is 0 Å². The highest BCUT2D eigenvalue weighted by Crippen LogP contribution is 2.39. The molecule has 1 aliphatic heterocycles. The van der Waals surface area contributed by atoms with Crippen LogP contribution in [0.4, 0.5) is 11.6 Å². The lowest BCUT2D eigenvalue weighted by atomic mass is 9.97. The van der Waals surface area contributed by atoms with Crippen molar-refractivity contribution in [2.45, 2.75) is 56.0 Å². The van der Waals surface area contributed by atoms with Crippen molar-refractivity contribution in [3.63, 3.8) is 0 Å². The number of anilines is 2. The zero-order valence-electron chi connectivity index (χ0n) is 19.7. The molecule has 3 heterocycles. The highest BCUT2D eigenvalue weighted by molar-refractivity contribution is 7.91. The largest absolute Gasteiger partial charge is 0.380 e. The first kappa shape index (κ1) is 24.9. The average Bonchev–Trinajstić information content (AvgIpc) is 3.04. The minimum atomic E-state index is -4.13. The Morgan fingerprint density at radius 3 is 2.70 bits per heavy atom. The summed E-state index contributed by atoms with van der Waals surface area (Å²) < 4.78 is 32.5. The van der Waals surface area contributed by atoms with Gasteiger partial charge in [0.1, 0.15) is 17.2 Å². The van der Waals surface area contributed by atoms with Crippen LogP contribution in [-0.2, 0) is 14.6 Å². The number of nitrogens with two attached hydrogens (primary N) is 1. The van der Waals surface area contributed by atoms with E-state index in [0.717, 1.165) is 12.8 Å². The summed E-state index contributed by atoms with van der Waals surface area (Å²) in [5, 5.41) is 2.89. The van der Waals surface area contributed by atoms with Gasteiger partial charge in [-0.15, -0.1) is 0 Å². The van der Waals surface area contributed by atoms with Crippen LogP contribution >= 0.6 is 0 Å². The summed E-state index contributed by atoms with van der Waals surface area (Å²) in [4.78, 5) is 22.9. The van der Waals surface area contributed by atoms with Gasteiger partial charge in [-0.25, -0.2) is 18.4 Å². The zero-order chi connectivity index (χ0) is 24.2. The summed E-state index contributed by atoms with van der Waals surface area (Å²) in [6.45, 7) is 10.5. The number of carbonyl (C=O) groups excluding carboxylic acids is 1. The summed E-state index contributed by atoms with van der Waals surface area (Å²) in [7, 11) is -4.13. The maximum Gasteiger partial charge on any atom is 0.253 e. The minimum Gasteiger partial charge on any atom is -0.380 e. The van der Waals surface area contributed by atoms with Crippen LogP contribution in [0, 0.1) is 5.92 Å². The van der Waals surface area contributed by atoms with Gasteiger partial charge in [-0.05, 0) is 50.8 Å². The minimum absolute atomic E-state index is 0.104. The lowest BCUT2D eigenvalue weighted by molar-refractivity contribution is 0.0997. The number of rotatable bonds is 10. The fraction of sp³-hybridized carbons (Fsp3) is 0.522. The second kappa shape index (κ2) is 10.0. The van der Waals surface area contributed by atoms with Gasteiger partial charge in [-0.3, -0.25) is 4.79 Å². The molecule has 3 N–H and O–H groups in total. The molecule has 0 bridgehead atoms. The molecule has 0 spiro atoms. The number of carbonyl (C=O) groups is 1. The third kappa shape index (κ3) is 5.44. The Morgan fingerprint density at radius 2 is 2.06 bits per heavy atom. The standard InChI is InChI=1S/C23H33N5O4S/c1-5-12-32-13-11-25-18-7-6-8-19(27-18)33(30,31)17-9-10-26-22(20(17)21(24)29)28-15-16(2)14-23(28,3)4/h6-10,16H,5,11-15H2,1-4H3,(H2,24,29)(H,25,27). The second-order valence-electron chi connectivity index (χ2n) is 9.01. The number of amides is 1. The molecule has 1 atom stereocenters. The SMILES string of the molecule is CCCOCCNc1cccc(S(=O)(=O)c2ccnc(N3CC(C)CC3(C)C)c2C(N)=O)n1. The summed E-state index contributed by atoms with van der Waals surface area (Å²) in [5.74, 6) is 0.226. The topological polar surface area (TPSA) is 128 Å². The molecule has 1 amide bonds. The predicted octanol–water partition coefficient (Wildman–Crippen LogP) is 2.87. The monoisotopic (exact) mass is 475 g/mol. The highest BCUT2D eigenvalue weighted by atomic mass is 32.2. The molecule has 1 unspecified atom stereocenters. The fourth-order valence-electron chi connectivity index (χ4n) is 4.33. The second-order valence-corrected chi connectivity index (χ2v) is 10.9. The highest BCUT2D eigenvalue weighted by Gasteiger charge is 2.40. The van der Waals surface area contributed by atoms with Crippen molar-refractivity contribution in [3.8, 4) is 0 Å². The molecule has 2 aromatic heterocycles. The molecule has 0 radical (unpaired) electrons. The van der Waals surface area contributed by atoms with E-state index < -0.39 is 15.7 Å². The van der Waals surface area contributed by atoms with Crippen LogP contribution < -0.4 is 16.0 Å². The first-order valence-corrected chi connectivity index (χ1v) is 12.7. The summed E-state index contributed by atoms with van der Waals surface area (Å²) >= 11 is 0. The van der Waals surface area contributed by atoms with Crippen molar-refractivity contribution < 1.29 is 17.9 Å². The van der Waals surface area contributed by atoms with Crippen LogP contribution in [0.2, 0.25) is 0 Å². The molecule has 1 aliphatic rings. The Hall–Kier alpha value is -2.72. The van der Waals surface area contributed by atoms with Crippen molar-refractivity contribution in [3.05, 3.63) is 36.0 Å². The first-order chi connectivity index (χ1) is 15.6. The Bertz CT molecular complexity index is 1100. The fourth-order valence-corrected chi connectivity index (χ4v) is 5.73. The summed E-state index contributed by atoms with van der Waals surface area (Å²) in [5.41, 5.74) is 5.31. The Morgan fingerprint density at radius 1 is 1.30 bits per heavy atom. The van der Waals surface area contributed by atoms with Gasteiger partial charge in [0.25, 0.3) is 5.91 Å². The van der Waals surface area contributed by atoms with Gasteiger partial charge in [0.2, 0.25) is 9.84 Å². The lowest BCUT2D eigenvalue weighted by Gasteiger charge is -2.33. The number of hydrogen-bond donors (Lipinski definition) is 2. The number of ether oxygens (including phenoxy) is 1. The molecule has 0 aromatic carbocycles. The van der Waals surface area contributed by atoms with Gasteiger partial charge in [0, 0.05) is 31.4 Å². The summed E-state index contributed by atoms with van der Waals surface area (Å²) in [6.07, 6.45) is 3.22. The molecule has 9 nitrogen and oxygen atoms in total. The molecule has 180 valence electrons. The third-order valence-electron chi connectivity index (χ3n) is 5.66. The van der Waals surface area contributed by atoms with E-state index in [1.165, 1.54) is 18.3 Å². The van der Waals surface area contributed by atoms with Crippen molar-refractivity contribution >= 4 is 27.4 Å². The maximum absolute atomic E-state index is 13.6. The number of sulfone groups is 1. The van der Waals surface area contributed by atoms with Gasteiger partial charge in [0.15, 0.2) is 5.03 Å². The number of nitrogens with one attached hydrogen (secondary N) is 1. The molecule has 1 saturated heterocycles. The number of primary amides is 1. The maximum atomic E-state index is 13.6. The molecule has 2 aromatic rings. The van der Waals surface area contributed by atoms with Gasteiger partial charge in [0.05, 0.1) is 11.5 Å². The molecule has 10 heteroatoms. The van der Waals surface area contributed by atoms with Gasteiger partial charge in [-0.1, -0.05) is 19.9 Å². The average molecular weight is 476 g/mol. The van der Waals surface area contributed by atoms with E-state index in [0.29, 0.717) is 43.9 Å². The smallest absolute Gasteiger partial charge is 0.253 e. The van der Waals surface area contributed by atoms with E-state index in [-0.39, 0.29) is 21.0 Å². The number of pyridine rings is 2. The van der Waals surface area contributed by atoms with E-state index in [1.807, 2.05) is 25.7 Å². The van der Waals surface area contributed by atoms with Crippen molar-refractivity contribution in [2.75, 3.05) is 36.5 Å². The van der Waals surface area contributed by atoms with Crippen molar-refractivity contribution in [1.29, 1.82) is 0 Å². The summed E-state index contributed by atoms with van der Waals surface area (Å²) in [6, 6.07) is 6.00. The third-order valence-corrected chi connectivity index (χ3v) is 7.35. The Balaban J connectivity index is 1.97. The molecular formula is C23H33N5O4S. The van der Waals surface area contributed by atoms with E-state index in [9.17, 15) is 13.2 Å². The van der Waals surface area contributed by atoms with Gasteiger partial charge < -0.3 is 20.7 Å². The van der Waals surface area contributed by atoms with E-state index in [1.54, 1.807) is 12.1 Å². The van der Waals surface area contributed by atoms with Crippen LogP contribution in [0.3, 0.4) is 0 Å².